The Bertz CT molecular complexity index is 515. The molecule has 3 heteroatoms. The fourth-order valence-electron chi connectivity index (χ4n) is 2.25. The highest BCUT2D eigenvalue weighted by molar-refractivity contribution is 9.10. The summed E-state index contributed by atoms with van der Waals surface area (Å²) in [5, 5.41) is 3.19. The van der Waals surface area contributed by atoms with Crippen molar-refractivity contribution in [3.63, 3.8) is 0 Å². The van der Waals surface area contributed by atoms with Crippen LogP contribution in [0.25, 0.3) is 5.57 Å². The van der Waals surface area contributed by atoms with Crippen LogP contribution in [-0.4, -0.2) is 12.4 Å². The van der Waals surface area contributed by atoms with Crippen LogP contribution in [0.3, 0.4) is 0 Å². The Balaban J connectivity index is 2.46. The molecule has 18 heavy (non-hydrogen) atoms. The molecule has 2 nitrogen and oxygen atoms in total. The second-order valence-electron chi connectivity index (χ2n) is 5.03. The van der Waals surface area contributed by atoms with Gasteiger partial charge in [0, 0.05) is 15.7 Å². The molecule has 0 fully saturated rings. The second kappa shape index (κ2) is 5.27. The number of rotatable bonds is 2. The SMILES string of the molecule is CC1=C(c2ccc(C(C)C)cc2Br)C(C)N=CN1. The quantitative estimate of drug-likeness (QED) is 0.864. The minimum absolute atomic E-state index is 0.201. The molecule has 96 valence electrons. The lowest BCUT2D eigenvalue weighted by atomic mass is 9.94. The molecule has 1 aromatic carbocycles. The maximum absolute atomic E-state index is 4.42. The van der Waals surface area contributed by atoms with E-state index in [0.29, 0.717) is 5.92 Å². The first kappa shape index (κ1) is 13.3. The fraction of sp³-hybridized carbons (Fsp3) is 0.400. The van der Waals surface area contributed by atoms with Gasteiger partial charge in [-0.2, -0.15) is 0 Å². The maximum atomic E-state index is 4.42. The Morgan fingerprint density at radius 2 is 2.06 bits per heavy atom. The Labute approximate surface area is 117 Å². The highest BCUT2D eigenvalue weighted by atomic mass is 79.9. The minimum atomic E-state index is 0.201. The molecule has 1 atom stereocenters. The zero-order chi connectivity index (χ0) is 13.3. The number of halogens is 1. The van der Waals surface area contributed by atoms with E-state index >= 15 is 0 Å². The van der Waals surface area contributed by atoms with Crippen LogP contribution >= 0.6 is 15.9 Å². The van der Waals surface area contributed by atoms with E-state index in [1.165, 1.54) is 22.4 Å². The van der Waals surface area contributed by atoms with E-state index in [1.807, 2.05) is 0 Å². The highest BCUT2D eigenvalue weighted by Gasteiger charge is 2.18. The second-order valence-corrected chi connectivity index (χ2v) is 5.89. The molecule has 0 saturated heterocycles. The molecular formula is C15H19BrN2. The predicted octanol–water partition coefficient (Wildman–Crippen LogP) is 4.32. The van der Waals surface area contributed by atoms with Gasteiger partial charge in [-0.1, -0.05) is 41.9 Å². The molecule has 0 saturated carbocycles. The van der Waals surface area contributed by atoms with Crippen molar-refractivity contribution in [3.8, 4) is 0 Å². The van der Waals surface area contributed by atoms with E-state index in [9.17, 15) is 0 Å². The molecule has 1 aromatic rings. The molecule has 0 spiro atoms. The van der Waals surface area contributed by atoms with E-state index in [2.05, 4.69) is 72.1 Å². The van der Waals surface area contributed by atoms with Crippen molar-refractivity contribution in [1.82, 2.24) is 5.32 Å². The minimum Gasteiger partial charge on any atom is -0.350 e. The van der Waals surface area contributed by atoms with Gasteiger partial charge in [-0.25, -0.2) is 0 Å². The molecule has 0 amide bonds. The molecule has 1 heterocycles. The van der Waals surface area contributed by atoms with E-state index in [4.69, 9.17) is 0 Å². The van der Waals surface area contributed by atoms with Crippen molar-refractivity contribution in [1.29, 1.82) is 0 Å². The lowest BCUT2D eigenvalue weighted by Crippen LogP contribution is -2.21. The summed E-state index contributed by atoms with van der Waals surface area (Å²) in [4.78, 5) is 4.42. The van der Waals surface area contributed by atoms with Crippen molar-refractivity contribution in [2.45, 2.75) is 39.7 Å². The van der Waals surface area contributed by atoms with Crippen LogP contribution in [0.15, 0.2) is 33.4 Å². The van der Waals surface area contributed by atoms with E-state index in [-0.39, 0.29) is 6.04 Å². The largest absolute Gasteiger partial charge is 0.350 e. The van der Waals surface area contributed by atoms with Gasteiger partial charge in [0.05, 0.1) is 12.4 Å². The zero-order valence-corrected chi connectivity index (χ0v) is 12.9. The van der Waals surface area contributed by atoms with Crippen LogP contribution in [0.4, 0.5) is 0 Å². The van der Waals surface area contributed by atoms with Gasteiger partial charge in [-0.05, 0) is 37.0 Å². The normalized spacial score (nSPS) is 19.3. The third-order valence-electron chi connectivity index (χ3n) is 3.35. The molecule has 0 aromatic heterocycles. The standard InChI is InChI=1S/C15H19BrN2/c1-9(2)12-5-6-13(14(16)7-12)15-10(3)17-8-18-11(15)4/h5-10H,1-4H3,(H,17,18). The van der Waals surface area contributed by atoms with E-state index in [1.54, 1.807) is 6.34 Å². The van der Waals surface area contributed by atoms with Crippen LogP contribution in [0.5, 0.6) is 0 Å². The highest BCUT2D eigenvalue weighted by Crippen LogP contribution is 2.33. The van der Waals surface area contributed by atoms with Crippen LogP contribution in [0.2, 0.25) is 0 Å². The molecule has 1 unspecified atom stereocenters. The third-order valence-corrected chi connectivity index (χ3v) is 4.01. The van der Waals surface area contributed by atoms with Gasteiger partial charge in [0.1, 0.15) is 0 Å². The summed E-state index contributed by atoms with van der Waals surface area (Å²) in [6.07, 6.45) is 1.78. The summed E-state index contributed by atoms with van der Waals surface area (Å²) in [5.41, 5.74) is 5.02. The van der Waals surface area contributed by atoms with Crippen molar-refractivity contribution in [2.24, 2.45) is 4.99 Å². The molecule has 2 rings (SSSR count). The van der Waals surface area contributed by atoms with Crippen molar-refractivity contribution in [3.05, 3.63) is 39.5 Å². The van der Waals surface area contributed by atoms with Crippen molar-refractivity contribution in [2.75, 3.05) is 0 Å². The van der Waals surface area contributed by atoms with E-state index < -0.39 is 0 Å². The number of benzene rings is 1. The molecular weight excluding hydrogens is 288 g/mol. The number of hydrogen-bond donors (Lipinski definition) is 1. The molecule has 0 bridgehead atoms. The average molecular weight is 307 g/mol. The number of aliphatic imine (C=N–C) groups is 1. The van der Waals surface area contributed by atoms with Gasteiger partial charge in [0.25, 0.3) is 0 Å². The van der Waals surface area contributed by atoms with Gasteiger partial charge < -0.3 is 5.32 Å². The molecule has 1 aliphatic heterocycles. The van der Waals surface area contributed by atoms with Gasteiger partial charge >= 0.3 is 0 Å². The summed E-state index contributed by atoms with van der Waals surface area (Å²) in [7, 11) is 0. The van der Waals surface area contributed by atoms with Crippen LogP contribution in [-0.2, 0) is 0 Å². The van der Waals surface area contributed by atoms with Gasteiger partial charge in [0.2, 0.25) is 0 Å². The molecule has 1 N–H and O–H groups in total. The summed E-state index contributed by atoms with van der Waals surface area (Å²) in [6.45, 7) is 8.64. The first-order chi connectivity index (χ1) is 8.50. The Hall–Kier alpha value is -1.09. The predicted molar refractivity (Wildman–Crippen MR) is 81.9 cm³/mol. The Morgan fingerprint density at radius 1 is 1.33 bits per heavy atom. The Morgan fingerprint density at radius 3 is 2.61 bits per heavy atom. The average Bonchev–Trinajstić information content (AvgIpc) is 2.30. The zero-order valence-electron chi connectivity index (χ0n) is 11.3. The number of hydrogen-bond acceptors (Lipinski definition) is 2. The number of nitrogens with one attached hydrogen (secondary N) is 1. The van der Waals surface area contributed by atoms with Crippen molar-refractivity contribution < 1.29 is 0 Å². The summed E-state index contributed by atoms with van der Waals surface area (Å²) in [5.74, 6) is 0.547. The van der Waals surface area contributed by atoms with Gasteiger partial charge in [-0.15, -0.1) is 0 Å². The monoisotopic (exact) mass is 306 g/mol. The lowest BCUT2D eigenvalue weighted by Gasteiger charge is -2.22. The van der Waals surface area contributed by atoms with Gasteiger partial charge in [-0.3, -0.25) is 4.99 Å². The summed E-state index contributed by atoms with van der Waals surface area (Å²) < 4.78 is 1.15. The Kier molecular flexibility index (Phi) is 3.91. The molecule has 0 aliphatic carbocycles. The fourth-order valence-corrected chi connectivity index (χ4v) is 2.86. The molecule has 0 radical (unpaired) electrons. The van der Waals surface area contributed by atoms with Crippen LogP contribution in [0.1, 0.15) is 44.7 Å². The number of allylic oxidation sites excluding steroid dienone is 1. The molecule has 1 aliphatic rings. The lowest BCUT2D eigenvalue weighted by molar-refractivity contribution is 0.862. The van der Waals surface area contributed by atoms with Gasteiger partial charge in [0.15, 0.2) is 0 Å². The van der Waals surface area contributed by atoms with Crippen LogP contribution < -0.4 is 5.32 Å². The van der Waals surface area contributed by atoms with E-state index in [0.717, 1.165) is 4.47 Å². The summed E-state index contributed by atoms with van der Waals surface area (Å²) in [6, 6.07) is 6.81. The summed E-state index contributed by atoms with van der Waals surface area (Å²) >= 11 is 3.69. The van der Waals surface area contributed by atoms with Crippen molar-refractivity contribution >= 4 is 27.8 Å². The van der Waals surface area contributed by atoms with Crippen LogP contribution in [0, 0.1) is 0 Å². The first-order valence-electron chi connectivity index (χ1n) is 6.29. The topological polar surface area (TPSA) is 24.4 Å². The maximum Gasteiger partial charge on any atom is 0.0872 e. The third kappa shape index (κ3) is 2.51. The smallest absolute Gasteiger partial charge is 0.0872 e. The first-order valence-corrected chi connectivity index (χ1v) is 7.08. The number of nitrogens with zero attached hydrogens (tertiary/aromatic N) is 1.